The molecular weight excluding hydrogens is 366 g/mol. The molecule has 1 rings (SSSR count). The van der Waals surface area contributed by atoms with Gasteiger partial charge in [-0.25, -0.2) is 0 Å². The van der Waals surface area contributed by atoms with Gasteiger partial charge < -0.3 is 14.8 Å². The molecule has 18 heavy (non-hydrogen) atoms. The number of esters is 1. The Bertz CT molecular complexity index is 438. The third-order valence-corrected chi connectivity index (χ3v) is 3.49. The van der Waals surface area contributed by atoms with E-state index in [9.17, 15) is 4.79 Å². The predicted molar refractivity (Wildman–Crippen MR) is 76.7 cm³/mol. The highest BCUT2D eigenvalue weighted by Crippen LogP contribution is 2.32. The third kappa shape index (κ3) is 3.96. The van der Waals surface area contributed by atoms with Crippen molar-refractivity contribution in [3.05, 3.63) is 26.6 Å². The number of carbonyl (C=O) groups is 1. The molecule has 0 aliphatic carbocycles. The molecule has 0 heterocycles. The summed E-state index contributed by atoms with van der Waals surface area (Å²) in [6.07, 6.45) is 0. The maximum atomic E-state index is 11.3. The Kier molecular flexibility index (Phi) is 6.11. The van der Waals surface area contributed by atoms with Gasteiger partial charge in [-0.15, -0.1) is 0 Å². The fourth-order valence-electron chi connectivity index (χ4n) is 1.50. The van der Waals surface area contributed by atoms with E-state index in [-0.39, 0.29) is 12.0 Å². The van der Waals surface area contributed by atoms with Crippen LogP contribution >= 0.6 is 31.9 Å². The maximum Gasteiger partial charge on any atom is 0.322 e. The summed E-state index contributed by atoms with van der Waals surface area (Å²) in [6, 6.07) is 3.49. The lowest BCUT2D eigenvalue weighted by atomic mass is 10.2. The zero-order valence-electron chi connectivity index (χ0n) is 10.4. The van der Waals surface area contributed by atoms with Gasteiger partial charge in [-0.3, -0.25) is 4.79 Å². The van der Waals surface area contributed by atoms with Crippen molar-refractivity contribution in [2.45, 2.75) is 19.5 Å². The lowest BCUT2D eigenvalue weighted by molar-refractivity contribution is -0.142. The summed E-state index contributed by atoms with van der Waals surface area (Å²) in [7, 11) is 2.98. The number of rotatable bonds is 5. The molecule has 0 bridgehead atoms. The molecule has 0 fully saturated rings. The zero-order valence-corrected chi connectivity index (χ0v) is 13.6. The minimum absolute atomic E-state index is 0.289. The van der Waals surface area contributed by atoms with E-state index in [0.29, 0.717) is 6.54 Å². The van der Waals surface area contributed by atoms with E-state index >= 15 is 0 Å². The van der Waals surface area contributed by atoms with Gasteiger partial charge in [0.2, 0.25) is 0 Å². The first-order valence-corrected chi connectivity index (χ1v) is 6.91. The Labute approximate surface area is 123 Å². The highest BCUT2D eigenvalue weighted by Gasteiger charge is 2.14. The van der Waals surface area contributed by atoms with E-state index in [2.05, 4.69) is 41.9 Å². The molecule has 0 spiro atoms. The van der Waals surface area contributed by atoms with Crippen molar-refractivity contribution in [1.82, 2.24) is 5.32 Å². The molecular formula is C12H15Br2NO3. The lowest BCUT2D eigenvalue weighted by Gasteiger charge is -2.15. The Hall–Kier alpha value is -0.590. The Morgan fingerprint density at radius 2 is 2.06 bits per heavy atom. The van der Waals surface area contributed by atoms with Crippen LogP contribution in [0, 0.1) is 0 Å². The summed E-state index contributed by atoms with van der Waals surface area (Å²) in [5.41, 5.74) is 0.953. The first-order valence-electron chi connectivity index (χ1n) is 5.32. The second-order valence-electron chi connectivity index (χ2n) is 3.71. The normalized spacial score (nSPS) is 12.1. The molecule has 1 aromatic rings. The van der Waals surface area contributed by atoms with Gasteiger partial charge >= 0.3 is 5.97 Å². The molecule has 0 saturated heterocycles. The molecule has 0 amide bonds. The van der Waals surface area contributed by atoms with Crippen molar-refractivity contribution in [2.24, 2.45) is 0 Å². The molecule has 1 atom stereocenters. The van der Waals surface area contributed by atoms with Crippen LogP contribution in [-0.4, -0.2) is 26.2 Å². The molecule has 0 radical (unpaired) electrons. The van der Waals surface area contributed by atoms with Gasteiger partial charge in [0.1, 0.15) is 11.8 Å². The van der Waals surface area contributed by atoms with E-state index in [1.165, 1.54) is 7.11 Å². The Morgan fingerprint density at radius 1 is 1.39 bits per heavy atom. The first kappa shape index (κ1) is 15.5. The molecule has 0 aliphatic heterocycles. The Balaban J connectivity index is 2.81. The van der Waals surface area contributed by atoms with Crippen LogP contribution in [0.5, 0.6) is 5.75 Å². The van der Waals surface area contributed by atoms with Crippen molar-refractivity contribution in [3.63, 3.8) is 0 Å². The van der Waals surface area contributed by atoms with Gasteiger partial charge in [0.25, 0.3) is 0 Å². The monoisotopic (exact) mass is 379 g/mol. The predicted octanol–water partition coefficient (Wildman–Crippen LogP) is 2.87. The molecule has 100 valence electrons. The van der Waals surface area contributed by atoms with Gasteiger partial charge in [0, 0.05) is 16.6 Å². The number of hydrogen-bond acceptors (Lipinski definition) is 4. The van der Waals surface area contributed by atoms with Crippen molar-refractivity contribution in [2.75, 3.05) is 14.2 Å². The van der Waals surface area contributed by atoms with Crippen molar-refractivity contribution >= 4 is 37.8 Å². The molecule has 4 nitrogen and oxygen atoms in total. The quantitative estimate of drug-likeness (QED) is 0.798. The molecule has 1 aromatic carbocycles. The summed E-state index contributed by atoms with van der Waals surface area (Å²) in [5.74, 6) is 0.464. The lowest BCUT2D eigenvalue weighted by Crippen LogP contribution is -2.34. The number of ether oxygens (including phenoxy) is 2. The van der Waals surface area contributed by atoms with Gasteiger partial charge in [-0.1, -0.05) is 15.9 Å². The zero-order chi connectivity index (χ0) is 13.7. The first-order chi connectivity index (χ1) is 8.49. The van der Waals surface area contributed by atoms with E-state index in [0.717, 1.165) is 20.3 Å². The van der Waals surface area contributed by atoms with Crippen LogP contribution in [0.2, 0.25) is 0 Å². The summed E-state index contributed by atoms with van der Waals surface area (Å²) >= 11 is 6.85. The number of methoxy groups -OCH3 is 2. The van der Waals surface area contributed by atoms with Crippen molar-refractivity contribution in [3.8, 4) is 5.75 Å². The summed E-state index contributed by atoms with van der Waals surface area (Å²) < 4.78 is 11.8. The average Bonchev–Trinajstić information content (AvgIpc) is 2.34. The smallest absolute Gasteiger partial charge is 0.322 e. The molecule has 0 aliphatic rings. The number of nitrogens with one attached hydrogen (secondary N) is 1. The SMILES string of the molecule is COC(=O)C(C)NCc1cc(Br)cc(Br)c1OC. The van der Waals surface area contributed by atoms with Gasteiger partial charge in [-0.05, 0) is 35.0 Å². The van der Waals surface area contributed by atoms with Gasteiger partial charge in [-0.2, -0.15) is 0 Å². The topological polar surface area (TPSA) is 47.6 Å². The molecule has 0 saturated carbocycles. The van der Waals surface area contributed by atoms with Crippen LogP contribution in [0.25, 0.3) is 0 Å². The van der Waals surface area contributed by atoms with Crippen LogP contribution < -0.4 is 10.1 Å². The number of hydrogen-bond donors (Lipinski definition) is 1. The summed E-state index contributed by atoms with van der Waals surface area (Å²) in [5, 5.41) is 3.08. The van der Waals surface area contributed by atoms with E-state index < -0.39 is 0 Å². The standard InChI is InChI=1S/C12H15Br2NO3/c1-7(12(16)18-3)15-6-8-4-9(13)5-10(14)11(8)17-2/h4-5,7,15H,6H2,1-3H3. The van der Waals surface area contributed by atoms with E-state index in [1.54, 1.807) is 14.0 Å². The highest BCUT2D eigenvalue weighted by molar-refractivity contribution is 9.11. The number of carbonyl (C=O) groups excluding carboxylic acids is 1. The largest absolute Gasteiger partial charge is 0.495 e. The number of benzene rings is 1. The molecule has 6 heteroatoms. The van der Waals surface area contributed by atoms with Crippen LogP contribution in [-0.2, 0) is 16.1 Å². The van der Waals surface area contributed by atoms with Crippen molar-refractivity contribution < 1.29 is 14.3 Å². The number of halogens is 2. The van der Waals surface area contributed by atoms with Crippen LogP contribution in [0.4, 0.5) is 0 Å². The van der Waals surface area contributed by atoms with Crippen LogP contribution in [0.3, 0.4) is 0 Å². The minimum atomic E-state index is -0.363. The molecule has 1 unspecified atom stereocenters. The fourth-order valence-corrected chi connectivity index (χ4v) is 2.97. The molecule has 1 N–H and O–H groups in total. The van der Waals surface area contributed by atoms with Gasteiger partial charge in [0.15, 0.2) is 0 Å². The summed E-state index contributed by atoms with van der Waals surface area (Å²) in [6.45, 7) is 2.27. The minimum Gasteiger partial charge on any atom is -0.495 e. The van der Waals surface area contributed by atoms with E-state index in [1.807, 2.05) is 12.1 Å². The van der Waals surface area contributed by atoms with Crippen LogP contribution in [0.1, 0.15) is 12.5 Å². The maximum absolute atomic E-state index is 11.3. The van der Waals surface area contributed by atoms with E-state index in [4.69, 9.17) is 4.74 Å². The van der Waals surface area contributed by atoms with Crippen molar-refractivity contribution in [1.29, 1.82) is 0 Å². The van der Waals surface area contributed by atoms with Gasteiger partial charge in [0.05, 0.1) is 18.7 Å². The second kappa shape index (κ2) is 7.11. The fraction of sp³-hybridized carbons (Fsp3) is 0.417. The average molecular weight is 381 g/mol. The third-order valence-electron chi connectivity index (χ3n) is 2.44. The second-order valence-corrected chi connectivity index (χ2v) is 5.48. The van der Waals surface area contributed by atoms with Crippen LogP contribution in [0.15, 0.2) is 21.1 Å². The Morgan fingerprint density at radius 3 is 2.61 bits per heavy atom. The summed E-state index contributed by atoms with van der Waals surface area (Å²) in [4.78, 5) is 11.3. The highest BCUT2D eigenvalue weighted by atomic mass is 79.9. The molecule has 0 aromatic heterocycles.